The van der Waals surface area contributed by atoms with Gasteiger partial charge in [-0.3, -0.25) is 9.59 Å². The molecule has 2 amide bonds. The van der Waals surface area contributed by atoms with Crippen LogP contribution in [0.5, 0.6) is 5.75 Å². The third-order valence-electron chi connectivity index (χ3n) is 3.18. The zero-order valence-corrected chi connectivity index (χ0v) is 14.1. The number of ether oxygens (including phenoxy) is 1. The summed E-state index contributed by atoms with van der Waals surface area (Å²) in [6, 6.07) is 5.63. The van der Waals surface area contributed by atoms with Gasteiger partial charge >= 0.3 is 0 Å². The molecule has 1 aromatic carbocycles. The zero-order valence-electron chi connectivity index (χ0n) is 14.1. The molecule has 0 bridgehead atoms. The van der Waals surface area contributed by atoms with E-state index in [4.69, 9.17) is 4.74 Å². The number of carbonyl (C=O) groups excluding carboxylic acids is 2. The van der Waals surface area contributed by atoms with Gasteiger partial charge in [-0.2, -0.15) is 0 Å². The van der Waals surface area contributed by atoms with E-state index in [0.717, 1.165) is 5.56 Å². The Hall–Kier alpha value is -2.04. The molecule has 0 heterocycles. The highest BCUT2D eigenvalue weighted by Crippen LogP contribution is 2.25. The number of hydrogen-bond donors (Lipinski definition) is 2. The molecule has 0 aromatic heterocycles. The van der Waals surface area contributed by atoms with Crippen LogP contribution in [0, 0.1) is 12.3 Å². The normalized spacial score (nSPS) is 11.0. The predicted molar refractivity (Wildman–Crippen MR) is 88.1 cm³/mol. The van der Waals surface area contributed by atoms with E-state index in [-0.39, 0.29) is 11.8 Å². The van der Waals surface area contributed by atoms with Gasteiger partial charge in [-0.05, 0) is 31.0 Å². The topological polar surface area (TPSA) is 67.4 Å². The van der Waals surface area contributed by atoms with Crippen LogP contribution in [0.2, 0.25) is 0 Å². The van der Waals surface area contributed by atoms with Crippen molar-refractivity contribution in [3.05, 3.63) is 23.8 Å². The maximum Gasteiger partial charge on any atom is 0.225 e. The van der Waals surface area contributed by atoms with Crippen molar-refractivity contribution >= 4 is 17.5 Å². The molecule has 0 aliphatic carbocycles. The molecule has 0 fully saturated rings. The lowest BCUT2D eigenvalue weighted by molar-refractivity contribution is -0.128. The molecule has 5 heteroatoms. The fraction of sp³-hybridized carbons (Fsp3) is 0.529. The van der Waals surface area contributed by atoms with Gasteiger partial charge in [0.05, 0.1) is 12.8 Å². The standard InChI is InChI=1S/C17H26N2O3/c1-12-8-9-14(22-5)13(11-12)19-15(20)7-6-10-18-16(21)17(2,3)4/h8-9,11H,6-7,10H2,1-5H3,(H,18,21)(H,19,20). The van der Waals surface area contributed by atoms with Crippen LogP contribution in [0.1, 0.15) is 39.2 Å². The summed E-state index contributed by atoms with van der Waals surface area (Å²) in [6.07, 6.45) is 0.948. The van der Waals surface area contributed by atoms with Gasteiger partial charge in [-0.15, -0.1) is 0 Å². The SMILES string of the molecule is COc1ccc(C)cc1NC(=O)CCCNC(=O)C(C)(C)C. The highest BCUT2D eigenvalue weighted by Gasteiger charge is 2.20. The number of benzene rings is 1. The molecule has 22 heavy (non-hydrogen) atoms. The van der Waals surface area contributed by atoms with Crippen LogP contribution in [0.25, 0.3) is 0 Å². The van der Waals surface area contributed by atoms with Gasteiger partial charge < -0.3 is 15.4 Å². The van der Waals surface area contributed by atoms with Crippen molar-refractivity contribution in [3.63, 3.8) is 0 Å². The molecule has 122 valence electrons. The average Bonchev–Trinajstić information content (AvgIpc) is 2.42. The third kappa shape index (κ3) is 5.76. The quantitative estimate of drug-likeness (QED) is 0.794. The molecule has 0 unspecified atom stereocenters. The fourth-order valence-electron chi connectivity index (χ4n) is 1.85. The van der Waals surface area contributed by atoms with Crippen molar-refractivity contribution in [2.75, 3.05) is 19.0 Å². The molecule has 0 spiro atoms. The number of methoxy groups -OCH3 is 1. The van der Waals surface area contributed by atoms with Crippen molar-refractivity contribution in [3.8, 4) is 5.75 Å². The average molecular weight is 306 g/mol. The second kappa shape index (κ2) is 7.82. The predicted octanol–water partition coefficient (Wildman–Crippen LogP) is 2.88. The summed E-state index contributed by atoms with van der Waals surface area (Å²) in [6.45, 7) is 8.03. The molecule has 0 radical (unpaired) electrons. The molecular weight excluding hydrogens is 280 g/mol. The molecule has 0 atom stereocenters. The van der Waals surface area contributed by atoms with Crippen molar-refractivity contribution in [2.45, 2.75) is 40.5 Å². The number of anilines is 1. The minimum Gasteiger partial charge on any atom is -0.495 e. The van der Waals surface area contributed by atoms with Crippen LogP contribution >= 0.6 is 0 Å². The van der Waals surface area contributed by atoms with Gasteiger partial charge in [0.1, 0.15) is 5.75 Å². The second-order valence-corrected chi connectivity index (χ2v) is 6.36. The molecular formula is C17H26N2O3. The van der Waals surface area contributed by atoms with Gasteiger partial charge in [0.15, 0.2) is 0 Å². The number of carbonyl (C=O) groups is 2. The Bertz CT molecular complexity index is 533. The highest BCUT2D eigenvalue weighted by molar-refractivity contribution is 5.92. The lowest BCUT2D eigenvalue weighted by atomic mass is 9.96. The summed E-state index contributed by atoms with van der Waals surface area (Å²) < 4.78 is 5.22. The summed E-state index contributed by atoms with van der Waals surface area (Å²) in [7, 11) is 1.57. The van der Waals surface area contributed by atoms with Crippen LogP contribution in [0.3, 0.4) is 0 Å². The number of amides is 2. The Balaban J connectivity index is 2.41. The maximum absolute atomic E-state index is 12.0. The lowest BCUT2D eigenvalue weighted by Crippen LogP contribution is -2.35. The van der Waals surface area contributed by atoms with Gasteiger partial charge in [0.25, 0.3) is 0 Å². The Labute approximate surface area is 132 Å². The van der Waals surface area contributed by atoms with Gasteiger partial charge in [0, 0.05) is 18.4 Å². The number of nitrogens with one attached hydrogen (secondary N) is 2. The molecule has 1 rings (SSSR count). The molecule has 0 aliphatic rings. The Morgan fingerprint density at radius 2 is 1.91 bits per heavy atom. The van der Waals surface area contributed by atoms with Crippen LogP contribution < -0.4 is 15.4 Å². The first-order valence-corrected chi connectivity index (χ1v) is 7.47. The molecule has 5 nitrogen and oxygen atoms in total. The first-order chi connectivity index (χ1) is 10.2. The first-order valence-electron chi connectivity index (χ1n) is 7.47. The van der Waals surface area contributed by atoms with Crippen molar-refractivity contribution in [1.82, 2.24) is 5.32 Å². The van der Waals surface area contributed by atoms with Crippen LogP contribution in [-0.2, 0) is 9.59 Å². The Morgan fingerprint density at radius 3 is 2.50 bits per heavy atom. The summed E-state index contributed by atoms with van der Waals surface area (Å²) in [5.41, 5.74) is 1.32. The Morgan fingerprint density at radius 1 is 1.23 bits per heavy atom. The smallest absolute Gasteiger partial charge is 0.225 e. The molecule has 0 saturated carbocycles. The van der Waals surface area contributed by atoms with Crippen LogP contribution in [0.4, 0.5) is 5.69 Å². The largest absolute Gasteiger partial charge is 0.495 e. The molecule has 2 N–H and O–H groups in total. The van der Waals surface area contributed by atoms with E-state index in [9.17, 15) is 9.59 Å². The highest BCUT2D eigenvalue weighted by atomic mass is 16.5. The molecule has 1 aromatic rings. The first kappa shape index (κ1) is 18.0. The van der Waals surface area contributed by atoms with E-state index < -0.39 is 5.41 Å². The maximum atomic E-state index is 12.0. The van der Waals surface area contributed by atoms with E-state index in [0.29, 0.717) is 30.8 Å². The van der Waals surface area contributed by atoms with Crippen molar-refractivity contribution < 1.29 is 14.3 Å². The van der Waals surface area contributed by atoms with E-state index in [1.807, 2.05) is 45.9 Å². The van der Waals surface area contributed by atoms with Gasteiger partial charge in [-0.1, -0.05) is 26.8 Å². The fourth-order valence-corrected chi connectivity index (χ4v) is 1.85. The Kier molecular flexibility index (Phi) is 6.40. The van der Waals surface area contributed by atoms with Crippen molar-refractivity contribution in [1.29, 1.82) is 0 Å². The third-order valence-corrected chi connectivity index (χ3v) is 3.18. The van der Waals surface area contributed by atoms with Crippen molar-refractivity contribution in [2.24, 2.45) is 5.41 Å². The zero-order chi connectivity index (χ0) is 16.8. The minimum absolute atomic E-state index is 0.00624. The van der Waals surface area contributed by atoms with E-state index in [1.165, 1.54) is 0 Å². The summed E-state index contributed by atoms with van der Waals surface area (Å²) in [4.78, 5) is 23.6. The van der Waals surface area contributed by atoms with Gasteiger partial charge in [-0.25, -0.2) is 0 Å². The molecule has 0 aliphatic heterocycles. The number of hydrogen-bond acceptors (Lipinski definition) is 3. The minimum atomic E-state index is -0.406. The molecule has 0 saturated heterocycles. The van der Waals surface area contributed by atoms with E-state index >= 15 is 0 Å². The summed E-state index contributed by atoms with van der Waals surface area (Å²) in [5, 5.41) is 5.67. The second-order valence-electron chi connectivity index (χ2n) is 6.36. The summed E-state index contributed by atoms with van der Waals surface area (Å²) >= 11 is 0. The lowest BCUT2D eigenvalue weighted by Gasteiger charge is -2.17. The van der Waals surface area contributed by atoms with E-state index in [1.54, 1.807) is 7.11 Å². The number of rotatable bonds is 6. The van der Waals surface area contributed by atoms with E-state index in [2.05, 4.69) is 10.6 Å². The van der Waals surface area contributed by atoms with Gasteiger partial charge in [0.2, 0.25) is 11.8 Å². The van der Waals surface area contributed by atoms with Crippen LogP contribution in [0.15, 0.2) is 18.2 Å². The summed E-state index contributed by atoms with van der Waals surface area (Å²) in [5.74, 6) is 0.544. The monoisotopic (exact) mass is 306 g/mol. The number of aryl methyl sites for hydroxylation is 1. The van der Waals surface area contributed by atoms with Crippen LogP contribution in [-0.4, -0.2) is 25.5 Å².